The van der Waals surface area contributed by atoms with Crippen molar-refractivity contribution in [3.8, 4) is 0 Å². The molecular formula is C12H22ClN3O2. The van der Waals surface area contributed by atoms with E-state index in [0.29, 0.717) is 18.9 Å². The number of piperidine rings is 1. The Labute approximate surface area is 114 Å². The first-order chi connectivity index (χ1) is 8.20. The number of halogens is 1. The molecule has 5 nitrogen and oxygen atoms in total. The summed E-state index contributed by atoms with van der Waals surface area (Å²) in [7, 11) is 0. The maximum Gasteiger partial charge on any atom is 0.242 e. The van der Waals surface area contributed by atoms with Gasteiger partial charge < -0.3 is 15.5 Å². The first-order valence-corrected chi connectivity index (χ1v) is 6.46. The molecule has 1 atom stereocenters. The fourth-order valence-corrected chi connectivity index (χ4v) is 2.62. The molecule has 6 heteroatoms. The fourth-order valence-electron chi connectivity index (χ4n) is 2.62. The van der Waals surface area contributed by atoms with Gasteiger partial charge in [-0.1, -0.05) is 0 Å². The van der Waals surface area contributed by atoms with Crippen LogP contribution in [0.2, 0.25) is 0 Å². The van der Waals surface area contributed by atoms with Crippen LogP contribution in [-0.2, 0) is 9.59 Å². The molecule has 0 aromatic heterocycles. The highest BCUT2D eigenvalue weighted by Crippen LogP contribution is 2.16. The maximum absolute atomic E-state index is 12.1. The summed E-state index contributed by atoms with van der Waals surface area (Å²) < 4.78 is 0. The minimum Gasteiger partial charge on any atom is -0.341 e. The molecule has 2 aliphatic heterocycles. The highest BCUT2D eigenvalue weighted by atomic mass is 35.5. The SMILES string of the molecule is Cl.NCC1CCCN(C(=O)CN2CCCC2=O)C1. The number of carbonyl (C=O) groups is 2. The van der Waals surface area contributed by atoms with Crippen molar-refractivity contribution in [3.05, 3.63) is 0 Å². The zero-order chi connectivity index (χ0) is 12.3. The van der Waals surface area contributed by atoms with Gasteiger partial charge in [-0.15, -0.1) is 12.4 Å². The van der Waals surface area contributed by atoms with Crippen LogP contribution < -0.4 is 5.73 Å². The summed E-state index contributed by atoms with van der Waals surface area (Å²) in [5, 5.41) is 0. The number of rotatable bonds is 3. The Bertz CT molecular complexity index is 312. The Morgan fingerprint density at radius 3 is 2.72 bits per heavy atom. The summed E-state index contributed by atoms with van der Waals surface area (Å²) in [5.41, 5.74) is 5.65. The summed E-state index contributed by atoms with van der Waals surface area (Å²) in [6.45, 7) is 3.22. The predicted octanol–water partition coefficient (Wildman–Crippen LogP) is 0.228. The van der Waals surface area contributed by atoms with Gasteiger partial charge in [0.25, 0.3) is 0 Å². The van der Waals surface area contributed by atoms with Gasteiger partial charge in [-0.25, -0.2) is 0 Å². The number of nitrogens with two attached hydrogens (primary N) is 1. The molecule has 2 heterocycles. The molecule has 2 N–H and O–H groups in total. The Morgan fingerprint density at radius 1 is 1.33 bits per heavy atom. The van der Waals surface area contributed by atoms with Crippen LogP contribution in [-0.4, -0.2) is 54.3 Å². The molecular weight excluding hydrogens is 254 g/mol. The topological polar surface area (TPSA) is 66.6 Å². The van der Waals surface area contributed by atoms with Crippen molar-refractivity contribution >= 4 is 24.2 Å². The van der Waals surface area contributed by atoms with Gasteiger partial charge in [0.15, 0.2) is 0 Å². The third kappa shape index (κ3) is 3.59. The number of amides is 2. The van der Waals surface area contributed by atoms with E-state index in [2.05, 4.69) is 0 Å². The molecule has 0 aliphatic carbocycles. The first-order valence-electron chi connectivity index (χ1n) is 6.46. The van der Waals surface area contributed by atoms with Crippen LogP contribution in [0.1, 0.15) is 25.7 Å². The maximum atomic E-state index is 12.1. The molecule has 2 rings (SSSR count). The van der Waals surface area contributed by atoms with E-state index < -0.39 is 0 Å². The van der Waals surface area contributed by atoms with Crippen molar-refractivity contribution in [2.45, 2.75) is 25.7 Å². The lowest BCUT2D eigenvalue weighted by Crippen LogP contribution is -2.46. The van der Waals surface area contributed by atoms with Gasteiger partial charge in [-0.3, -0.25) is 9.59 Å². The molecule has 2 fully saturated rings. The minimum atomic E-state index is 0. The molecule has 2 aliphatic rings. The third-order valence-corrected chi connectivity index (χ3v) is 3.70. The van der Waals surface area contributed by atoms with Crippen molar-refractivity contribution in [3.63, 3.8) is 0 Å². The van der Waals surface area contributed by atoms with E-state index in [9.17, 15) is 9.59 Å². The van der Waals surface area contributed by atoms with Crippen LogP contribution in [0.25, 0.3) is 0 Å². The highest BCUT2D eigenvalue weighted by Gasteiger charge is 2.27. The van der Waals surface area contributed by atoms with Crippen molar-refractivity contribution in [1.82, 2.24) is 9.80 Å². The van der Waals surface area contributed by atoms with E-state index in [0.717, 1.165) is 38.9 Å². The zero-order valence-corrected chi connectivity index (χ0v) is 11.5. The minimum absolute atomic E-state index is 0. The second-order valence-corrected chi connectivity index (χ2v) is 5.00. The molecule has 0 spiro atoms. The average molecular weight is 276 g/mol. The first kappa shape index (κ1) is 15.2. The Hall–Kier alpha value is -0.810. The average Bonchev–Trinajstić information content (AvgIpc) is 2.75. The van der Waals surface area contributed by atoms with Gasteiger partial charge in [0.1, 0.15) is 0 Å². The van der Waals surface area contributed by atoms with Gasteiger partial charge in [0, 0.05) is 26.1 Å². The van der Waals surface area contributed by atoms with Crippen LogP contribution in [0.5, 0.6) is 0 Å². The highest BCUT2D eigenvalue weighted by molar-refractivity contribution is 5.86. The zero-order valence-electron chi connectivity index (χ0n) is 10.6. The number of hydrogen-bond acceptors (Lipinski definition) is 3. The van der Waals surface area contributed by atoms with Crippen molar-refractivity contribution < 1.29 is 9.59 Å². The van der Waals surface area contributed by atoms with E-state index in [1.165, 1.54) is 0 Å². The van der Waals surface area contributed by atoms with Gasteiger partial charge in [0.2, 0.25) is 11.8 Å². The van der Waals surface area contributed by atoms with Gasteiger partial charge >= 0.3 is 0 Å². The number of hydrogen-bond donors (Lipinski definition) is 1. The Morgan fingerprint density at radius 2 is 2.11 bits per heavy atom. The van der Waals surface area contributed by atoms with E-state index in [4.69, 9.17) is 5.73 Å². The predicted molar refractivity (Wildman–Crippen MR) is 71.4 cm³/mol. The van der Waals surface area contributed by atoms with Gasteiger partial charge in [0.05, 0.1) is 6.54 Å². The molecule has 0 aromatic carbocycles. The molecule has 2 saturated heterocycles. The Kier molecular flexibility index (Phi) is 5.88. The normalized spacial score (nSPS) is 24.1. The van der Waals surface area contributed by atoms with Gasteiger partial charge in [-0.2, -0.15) is 0 Å². The largest absolute Gasteiger partial charge is 0.341 e. The van der Waals surface area contributed by atoms with E-state index in [1.807, 2.05) is 4.90 Å². The molecule has 0 bridgehead atoms. The van der Waals surface area contributed by atoms with Crippen LogP contribution in [0, 0.1) is 5.92 Å². The van der Waals surface area contributed by atoms with Gasteiger partial charge in [-0.05, 0) is 31.7 Å². The molecule has 104 valence electrons. The fraction of sp³-hybridized carbons (Fsp3) is 0.833. The lowest BCUT2D eigenvalue weighted by Gasteiger charge is -2.33. The van der Waals surface area contributed by atoms with E-state index in [-0.39, 0.29) is 30.8 Å². The number of nitrogens with zero attached hydrogens (tertiary/aromatic N) is 2. The molecule has 18 heavy (non-hydrogen) atoms. The van der Waals surface area contributed by atoms with E-state index >= 15 is 0 Å². The summed E-state index contributed by atoms with van der Waals surface area (Å²) >= 11 is 0. The smallest absolute Gasteiger partial charge is 0.242 e. The summed E-state index contributed by atoms with van der Waals surface area (Å²) in [4.78, 5) is 27.0. The second kappa shape index (κ2) is 6.95. The van der Waals surface area contributed by atoms with Crippen LogP contribution in [0.3, 0.4) is 0 Å². The lowest BCUT2D eigenvalue weighted by molar-refractivity contribution is -0.139. The summed E-state index contributed by atoms with van der Waals surface area (Å²) in [6, 6.07) is 0. The number of likely N-dealkylation sites (tertiary alicyclic amines) is 2. The van der Waals surface area contributed by atoms with E-state index in [1.54, 1.807) is 4.90 Å². The standard InChI is InChI=1S/C12H21N3O2.ClH/c13-7-10-3-1-5-14(8-10)12(17)9-15-6-2-4-11(15)16;/h10H,1-9,13H2;1H. The molecule has 0 aromatic rings. The second-order valence-electron chi connectivity index (χ2n) is 5.00. The molecule has 2 amide bonds. The molecule has 1 unspecified atom stereocenters. The van der Waals surface area contributed by atoms with Crippen molar-refractivity contribution in [1.29, 1.82) is 0 Å². The van der Waals surface area contributed by atoms with Crippen molar-refractivity contribution in [2.24, 2.45) is 11.7 Å². The summed E-state index contributed by atoms with van der Waals surface area (Å²) in [5.74, 6) is 0.631. The quantitative estimate of drug-likeness (QED) is 0.802. The van der Waals surface area contributed by atoms with Crippen LogP contribution in [0.4, 0.5) is 0 Å². The lowest BCUT2D eigenvalue weighted by atomic mass is 9.98. The Balaban J connectivity index is 0.00000162. The van der Waals surface area contributed by atoms with Crippen molar-refractivity contribution in [2.75, 3.05) is 32.7 Å². The number of carbonyl (C=O) groups excluding carboxylic acids is 2. The third-order valence-electron chi connectivity index (χ3n) is 3.70. The monoisotopic (exact) mass is 275 g/mol. The molecule has 0 saturated carbocycles. The van der Waals surface area contributed by atoms with Crippen LogP contribution in [0.15, 0.2) is 0 Å². The summed E-state index contributed by atoms with van der Waals surface area (Å²) in [6.07, 6.45) is 3.63. The van der Waals surface area contributed by atoms with Crippen LogP contribution >= 0.6 is 12.4 Å². The molecule has 0 radical (unpaired) electrons.